The average Bonchev–Trinajstić information content (AvgIpc) is 2.84. The van der Waals surface area contributed by atoms with Gasteiger partial charge in [-0.3, -0.25) is 14.9 Å². The lowest BCUT2D eigenvalue weighted by atomic mass is 9.91. The fourth-order valence-corrected chi connectivity index (χ4v) is 5.88. The molecule has 1 aliphatic heterocycles. The predicted molar refractivity (Wildman–Crippen MR) is 135 cm³/mol. The topological polar surface area (TPSA) is 77.6 Å². The summed E-state index contributed by atoms with van der Waals surface area (Å²) in [7, 11) is 0. The molecule has 32 heavy (non-hydrogen) atoms. The van der Waals surface area contributed by atoms with Gasteiger partial charge in [0.2, 0.25) is 11.8 Å². The Balaban J connectivity index is 1.52. The number of hydrogen-bond acceptors (Lipinski definition) is 7. The molecular formula is C23H37N5O2S2. The molecule has 0 radical (unpaired) electrons. The van der Waals surface area contributed by atoms with E-state index in [0.717, 1.165) is 36.5 Å². The van der Waals surface area contributed by atoms with Gasteiger partial charge in [0.05, 0.1) is 6.54 Å². The van der Waals surface area contributed by atoms with Gasteiger partial charge in [0.1, 0.15) is 11.9 Å². The van der Waals surface area contributed by atoms with Crippen molar-refractivity contribution in [1.82, 2.24) is 20.5 Å². The number of nitrogens with one attached hydrogen (secondary N) is 2. The van der Waals surface area contributed by atoms with Crippen molar-refractivity contribution >= 4 is 41.2 Å². The number of thioether (sulfide) groups is 2. The number of aromatic nitrogens is 1. The molecule has 2 heterocycles. The third-order valence-electron chi connectivity index (χ3n) is 6.09. The first-order chi connectivity index (χ1) is 15.7. The monoisotopic (exact) mass is 479 g/mol. The minimum Gasteiger partial charge on any atom is -0.353 e. The fourth-order valence-electron chi connectivity index (χ4n) is 4.31. The maximum absolute atomic E-state index is 13.3. The number of carbonyl (C=O) groups is 2. The van der Waals surface area contributed by atoms with Crippen LogP contribution in [0.25, 0.3) is 0 Å². The van der Waals surface area contributed by atoms with E-state index in [1.807, 2.05) is 41.1 Å². The smallest absolute Gasteiger partial charge is 0.246 e. The standard InChI is InChI=1S/C23H37N5O2S2/c1-31-18-24-15-22(29)26-20(17-32-16-19-7-3-2-4-8-19)23(30)28-13-11-27(12-14-28)21-9-5-6-10-25-21/h5-6,9-10,19-20,24H,2-4,7-8,11-18H2,1H3,(H,26,29). The second-order valence-electron chi connectivity index (χ2n) is 8.52. The fraction of sp³-hybridized carbons (Fsp3) is 0.696. The molecule has 2 aliphatic rings. The molecule has 3 rings (SSSR count). The van der Waals surface area contributed by atoms with Crippen LogP contribution in [0.4, 0.5) is 5.82 Å². The molecule has 1 unspecified atom stereocenters. The summed E-state index contributed by atoms with van der Waals surface area (Å²) in [5.74, 6) is 4.08. The third-order valence-corrected chi connectivity index (χ3v) is 7.86. The first kappa shape index (κ1) is 25.2. The van der Waals surface area contributed by atoms with E-state index < -0.39 is 6.04 Å². The van der Waals surface area contributed by atoms with Gasteiger partial charge in [0, 0.05) is 44.0 Å². The lowest BCUT2D eigenvalue weighted by Crippen LogP contribution is -2.56. The van der Waals surface area contributed by atoms with Gasteiger partial charge < -0.3 is 15.1 Å². The second-order valence-corrected chi connectivity index (χ2v) is 10.5. The van der Waals surface area contributed by atoms with E-state index in [4.69, 9.17) is 0 Å². The van der Waals surface area contributed by atoms with E-state index in [9.17, 15) is 9.59 Å². The maximum atomic E-state index is 13.3. The number of rotatable bonds is 11. The van der Waals surface area contributed by atoms with Crippen LogP contribution in [0.3, 0.4) is 0 Å². The largest absolute Gasteiger partial charge is 0.353 e. The van der Waals surface area contributed by atoms with Crippen molar-refractivity contribution in [2.45, 2.75) is 38.1 Å². The van der Waals surface area contributed by atoms with Gasteiger partial charge in [-0.15, -0.1) is 11.8 Å². The lowest BCUT2D eigenvalue weighted by Gasteiger charge is -2.37. The third kappa shape index (κ3) is 8.15. The summed E-state index contributed by atoms with van der Waals surface area (Å²) >= 11 is 3.46. The summed E-state index contributed by atoms with van der Waals surface area (Å²) in [6.07, 6.45) is 10.4. The highest BCUT2D eigenvalue weighted by Gasteiger charge is 2.29. The Morgan fingerprint density at radius 2 is 1.94 bits per heavy atom. The molecule has 1 aromatic rings. The Labute approximate surface area is 200 Å². The first-order valence-electron chi connectivity index (χ1n) is 11.7. The van der Waals surface area contributed by atoms with E-state index in [0.29, 0.717) is 18.8 Å². The second kappa shape index (κ2) is 14.0. The first-order valence-corrected chi connectivity index (χ1v) is 14.2. The number of piperazine rings is 1. The number of amides is 2. The van der Waals surface area contributed by atoms with E-state index >= 15 is 0 Å². The summed E-state index contributed by atoms with van der Waals surface area (Å²) < 4.78 is 0. The van der Waals surface area contributed by atoms with Crippen LogP contribution in [0.2, 0.25) is 0 Å². The van der Waals surface area contributed by atoms with Crippen LogP contribution in [0.1, 0.15) is 32.1 Å². The zero-order valence-corrected chi connectivity index (χ0v) is 20.8. The molecule has 1 aromatic heterocycles. The molecule has 1 aliphatic carbocycles. The molecule has 0 bridgehead atoms. The van der Waals surface area contributed by atoms with Crippen LogP contribution >= 0.6 is 23.5 Å². The quantitative estimate of drug-likeness (QED) is 0.373. The zero-order chi connectivity index (χ0) is 22.6. The van der Waals surface area contributed by atoms with Gasteiger partial charge in [-0.05, 0) is 42.9 Å². The van der Waals surface area contributed by atoms with Crippen LogP contribution < -0.4 is 15.5 Å². The van der Waals surface area contributed by atoms with Crippen LogP contribution in [0.15, 0.2) is 24.4 Å². The van der Waals surface area contributed by atoms with Crippen molar-refractivity contribution in [3.05, 3.63) is 24.4 Å². The van der Waals surface area contributed by atoms with Crippen molar-refractivity contribution in [3.8, 4) is 0 Å². The van der Waals surface area contributed by atoms with E-state index in [1.165, 1.54) is 32.1 Å². The van der Waals surface area contributed by atoms with Gasteiger partial charge in [-0.1, -0.05) is 25.3 Å². The summed E-state index contributed by atoms with van der Waals surface area (Å²) in [5, 5.41) is 6.10. The Kier molecular flexibility index (Phi) is 11.0. The number of anilines is 1. The molecule has 0 spiro atoms. The molecular weight excluding hydrogens is 442 g/mol. The highest BCUT2D eigenvalue weighted by molar-refractivity contribution is 7.99. The zero-order valence-electron chi connectivity index (χ0n) is 19.1. The molecule has 2 N–H and O–H groups in total. The number of hydrogen-bond donors (Lipinski definition) is 2. The summed E-state index contributed by atoms with van der Waals surface area (Å²) in [5.41, 5.74) is 0. The molecule has 1 saturated heterocycles. The average molecular weight is 480 g/mol. The van der Waals surface area contributed by atoms with Gasteiger partial charge in [-0.2, -0.15) is 11.8 Å². The van der Waals surface area contributed by atoms with Gasteiger partial charge in [-0.25, -0.2) is 4.98 Å². The number of carbonyl (C=O) groups excluding carboxylic acids is 2. The Morgan fingerprint density at radius 1 is 1.16 bits per heavy atom. The van der Waals surface area contributed by atoms with Gasteiger partial charge in [0.25, 0.3) is 0 Å². The number of nitrogens with zero attached hydrogens (tertiary/aromatic N) is 3. The summed E-state index contributed by atoms with van der Waals surface area (Å²) in [6, 6.07) is 5.44. The van der Waals surface area contributed by atoms with Crippen LogP contribution in [-0.2, 0) is 9.59 Å². The van der Waals surface area contributed by atoms with Gasteiger partial charge >= 0.3 is 0 Å². The summed E-state index contributed by atoms with van der Waals surface area (Å²) in [4.78, 5) is 34.3. The highest BCUT2D eigenvalue weighted by atomic mass is 32.2. The van der Waals surface area contributed by atoms with E-state index in [1.54, 1.807) is 18.0 Å². The van der Waals surface area contributed by atoms with Crippen molar-refractivity contribution in [2.24, 2.45) is 5.92 Å². The minimum atomic E-state index is -0.464. The molecule has 1 saturated carbocycles. The molecule has 2 amide bonds. The van der Waals surface area contributed by atoms with E-state index in [-0.39, 0.29) is 18.4 Å². The van der Waals surface area contributed by atoms with Crippen molar-refractivity contribution < 1.29 is 9.59 Å². The SMILES string of the molecule is CSCNCC(=O)NC(CSCC1CCCCC1)C(=O)N1CCN(c2ccccn2)CC1. The van der Waals surface area contributed by atoms with Gasteiger partial charge in [0.15, 0.2) is 0 Å². The Morgan fingerprint density at radius 3 is 2.62 bits per heavy atom. The van der Waals surface area contributed by atoms with Crippen molar-refractivity contribution in [3.63, 3.8) is 0 Å². The Bertz CT molecular complexity index is 695. The molecule has 7 nitrogen and oxygen atoms in total. The summed E-state index contributed by atoms with van der Waals surface area (Å²) in [6.45, 7) is 3.06. The molecule has 178 valence electrons. The van der Waals surface area contributed by atoms with Crippen LogP contribution in [0.5, 0.6) is 0 Å². The van der Waals surface area contributed by atoms with Crippen LogP contribution in [0, 0.1) is 5.92 Å². The lowest BCUT2D eigenvalue weighted by molar-refractivity contribution is -0.135. The van der Waals surface area contributed by atoms with Crippen molar-refractivity contribution in [1.29, 1.82) is 0 Å². The predicted octanol–water partition coefficient (Wildman–Crippen LogP) is 2.44. The molecule has 1 atom stereocenters. The molecule has 2 fully saturated rings. The highest BCUT2D eigenvalue weighted by Crippen LogP contribution is 2.27. The molecule has 0 aromatic carbocycles. The molecule has 9 heteroatoms. The normalized spacial score (nSPS) is 18.4. The maximum Gasteiger partial charge on any atom is 0.246 e. The van der Waals surface area contributed by atoms with E-state index in [2.05, 4.69) is 20.5 Å². The Hall–Kier alpha value is -1.45. The number of pyridine rings is 1. The van der Waals surface area contributed by atoms with Crippen molar-refractivity contribution in [2.75, 3.05) is 61.3 Å². The minimum absolute atomic E-state index is 0.0417. The van der Waals surface area contributed by atoms with Crippen LogP contribution in [-0.4, -0.2) is 84.1 Å².